The van der Waals surface area contributed by atoms with Crippen molar-refractivity contribution in [3.63, 3.8) is 0 Å². The summed E-state index contributed by atoms with van der Waals surface area (Å²) in [6.07, 6.45) is 5.22. The maximum absolute atomic E-state index is 5.33. The van der Waals surface area contributed by atoms with E-state index in [0.29, 0.717) is 18.4 Å². The van der Waals surface area contributed by atoms with E-state index in [4.69, 9.17) is 4.74 Å². The van der Waals surface area contributed by atoms with Gasteiger partial charge in [-0.2, -0.15) is 4.98 Å². The van der Waals surface area contributed by atoms with Crippen LogP contribution in [0.4, 0.5) is 5.95 Å². The van der Waals surface area contributed by atoms with Gasteiger partial charge in [-0.25, -0.2) is 4.98 Å². The molecule has 2 rings (SSSR count). The third-order valence-electron chi connectivity index (χ3n) is 2.47. The van der Waals surface area contributed by atoms with E-state index in [2.05, 4.69) is 20.3 Å². The molecule has 1 atom stereocenters. The number of ether oxygens (including phenoxy) is 1. The maximum atomic E-state index is 5.33. The van der Waals surface area contributed by atoms with Gasteiger partial charge < -0.3 is 10.1 Å². The van der Waals surface area contributed by atoms with Gasteiger partial charge in [-0.05, 0) is 31.5 Å². The Morgan fingerprint density at radius 2 is 2.00 bits per heavy atom. The van der Waals surface area contributed by atoms with Gasteiger partial charge in [0.25, 0.3) is 0 Å². The first kappa shape index (κ1) is 12.3. The van der Waals surface area contributed by atoms with Gasteiger partial charge in [0.1, 0.15) is 0 Å². The number of hydrogen-bond donors (Lipinski definition) is 1. The quantitative estimate of drug-likeness (QED) is 0.875. The molecule has 0 saturated carbocycles. The molecular formula is C13H16N4O. The first-order valence-corrected chi connectivity index (χ1v) is 5.92. The third-order valence-corrected chi connectivity index (χ3v) is 2.47. The number of nitrogens with one attached hydrogen (secondary N) is 1. The zero-order chi connectivity index (χ0) is 12.8. The van der Waals surface area contributed by atoms with Crippen LogP contribution in [0.2, 0.25) is 0 Å². The van der Waals surface area contributed by atoms with E-state index >= 15 is 0 Å². The Labute approximate surface area is 106 Å². The lowest BCUT2D eigenvalue weighted by Gasteiger charge is -2.14. The van der Waals surface area contributed by atoms with Crippen LogP contribution in [0.5, 0.6) is 5.88 Å². The average Bonchev–Trinajstić information content (AvgIpc) is 2.40. The molecule has 0 aliphatic rings. The second-order valence-electron chi connectivity index (χ2n) is 3.80. The molecule has 0 aliphatic heterocycles. The van der Waals surface area contributed by atoms with Crippen molar-refractivity contribution in [1.82, 2.24) is 15.0 Å². The van der Waals surface area contributed by atoms with Crippen molar-refractivity contribution in [2.24, 2.45) is 0 Å². The van der Waals surface area contributed by atoms with Crippen LogP contribution in [0, 0.1) is 0 Å². The molecule has 0 amide bonds. The predicted molar refractivity (Wildman–Crippen MR) is 69.5 cm³/mol. The summed E-state index contributed by atoms with van der Waals surface area (Å²) in [6.45, 7) is 4.57. The lowest BCUT2D eigenvalue weighted by molar-refractivity contribution is 0.326. The molecule has 0 spiro atoms. The Balaban J connectivity index is 2.07. The number of anilines is 1. The summed E-state index contributed by atoms with van der Waals surface area (Å²) >= 11 is 0. The molecule has 2 heterocycles. The molecule has 0 saturated heterocycles. The minimum atomic E-state index is 0.116. The van der Waals surface area contributed by atoms with Crippen LogP contribution in [0.3, 0.4) is 0 Å². The molecule has 18 heavy (non-hydrogen) atoms. The van der Waals surface area contributed by atoms with E-state index in [1.807, 2.05) is 26.0 Å². The summed E-state index contributed by atoms with van der Waals surface area (Å²) < 4.78 is 5.33. The SMILES string of the molecule is CCOc1ccnc(NC(C)c2ccncc2)n1. The van der Waals surface area contributed by atoms with Gasteiger partial charge in [0.2, 0.25) is 11.8 Å². The molecule has 0 aliphatic carbocycles. The van der Waals surface area contributed by atoms with Crippen LogP contribution in [-0.4, -0.2) is 21.6 Å². The van der Waals surface area contributed by atoms with E-state index < -0.39 is 0 Å². The lowest BCUT2D eigenvalue weighted by Crippen LogP contribution is -2.09. The predicted octanol–water partition coefficient (Wildman–Crippen LogP) is 2.44. The molecular weight excluding hydrogens is 228 g/mol. The standard InChI is InChI=1S/C13H16N4O/c1-3-18-12-6-9-15-13(17-12)16-10(2)11-4-7-14-8-5-11/h4-10H,3H2,1-2H3,(H,15,16,17). The first-order valence-electron chi connectivity index (χ1n) is 5.92. The highest BCUT2D eigenvalue weighted by atomic mass is 16.5. The monoisotopic (exact) mass is 244 g/mol. The smallest absolute Gasteiger partial charge is 0.226 e. The summed E-state index contributed by atoms with van der Waals surface area (Å²) in [5, 5.41) is 3.23. The summed E-state index contributed by atoms with van der Waals surface area (Å²) in [7, 11) is 0. The van der Waals surface area contributed by atoms with Gasteiger partial charge >= 0.3 is 0 Å². The molecule has 0 bridgehead atoms. The average molecular weight is 244 g/mol. The van der Waals surface area contributed by atoms with Crippen LogP contribution in [0.25, 0.3) is 0 Å². The number of nitrogens with zero attached hydrogens (tertiary/aromatic N) is 3. The number of hydrogen-bond acceptors (Lipinski definition) is 5. The Morgan fingerprint density at radius 3 is 2.72 bits per heavy atom. The van der Waals surface area contributed by atoms with Crippen molar-refractivity contribution in [3.05, 3.63) is 42.4 Å². The third kappa shape index (κ3) is 3.16. The van der Waals surface area contributed by atoms with E-state index in [0.717, 1.165) is 5.56 Å². The number of pyridine rings is 1. The second kappa shape index (κ2) is 5.95. The van der Waals surface area contributed by atoms with Gasteiger partial charge in [0, 0.05) is 24.7 Å². The summed E-state index contributed by atoms with van der Waals surface area (Å²) in [4.78, 5) is 12.4. The summed E-state index contributed by atoms with van der Waals surface area (Å²) in [5.74, 6) is 1.14. The molecule has 0 aromatic carbocycles. The van der Waals surface area contributed by atoms with Crippen LogP contribution in [-0.2, 0) is 0 Å². The Hall–Kier alpha value is -2.17. The topological polar surface area (TPSA) is 59.9 Å². The van der Waals surface area contributed by atoms with Gasteiger partial charge in [0.15, 0.2) is 0 Å². The molecule has 1 N–H and O–H groups in total. The van der Waals surface area contributed by atoms with Crippen molar-refractivity contribution in [1.29, 1.82) is 0 Å². The molecule has 94 valence electrons. The Kier molecular flexibility index (Phi) is 4.06. The maximum Gasteiger partial charge on any atom is 0.226 e. The van der Waals surface area contributed by atoms with Crippen LogP contribution < -0.4 is 10.1 Å². The van der Waals surface area contributed by atoms with Gasteiger partial charge in [-0.1, -0.05) is 0 Å². The van der Waals surface area contributed by atoms with Gasteiger partial charge in [-0.15, -0.1) is 0 Å². The minimum Gasteiger partial charge on any atom is -0.478 e. The molecule has 0 fully saturated rings. The Morgan fingerprint density at radius 1 is 1.22 bits per heavy atom. The zero-order valence-electron chi connectivity index (χ0n) is 10.5. The van der Waals surface area contributed by atoms with Gasteiger partial charge in [0.05, 0.1) is 12.6 Å². The summed E-state index contributed by atoms with van der Waals surface area (Å²) in [5.41, 5.74) is 1.13. The van der Waals surface area contributed by atoms with E-state index in [1.165, 1.54) is 0 Å². The van der Waals surface area contributed by atoms with Crippen molar-refractivity contribution in [3.8, 4) is 5.88 Å². The van der Waals surface area contributed by atoms with Crippen LogP contribution >= 0.6 is 0 Å². The van der Waals surface area contributed by atoms with Crippen molar-refractivity contribution >= 4 is 5.95 Å². The van der Waals surface area contributed by atoms with E-state index in [1.54, 1.807) is 24.7 Å². The second-order valence-corrected chi connectivity index (χ2v) is 3.80. The van der Waals surface area contributed by atoms with E-state index in [9.17, 15) is 0 Å². The largest absolute Gasteiger partial charge is 0.478 e. The fraction of sp³-hybridized carbons (Fsp3) is 0.308. The number of aromatic nitrogens is 3. The minimum absolute atomic E-state index is 0.116. The zero-order valence-corrected chi connectivity index (χ0v) is 10.5. The number of rotatable bonds is 5. The summed E-state index contributed by atoms with van der Waals surface area (Å²) in [6, 6.07) is 5.78. The molecule has 1 unspecified atom stereocenters. The Bertz CT molecular complexity index is 489. The van der Waals surface area contributed by atoms with E-state index in [-0.39, 0.29) is 6.04 Å². The highest BCUT2D eigenvalue weighted by Crippen LogP contribution is 2.16. The molecule has 2 aromatic rings. The normalized spacial score (nSPS) is 11.9. The molecule has 5 heteroatoms. The fourth-order valence-electron chi connectivity index (χ4n) is 1.57. The van der Waals surface area contributed by atoms with Crippen molar-refractivity contribution in [2.45, 2.75) is 19.9 Å². The van der Waals surface area contributed by atoms with Crippen molar-refractivity contribution < 1.29 is 4.74 Å². The van der Waals surface area contributed by atoms with Gasteiger partial charge in [-0.3, -0.25) is 4.98 Å². The molecule has 2 aromatic heterocycles. The lowest BCUT2D eigenvalue weighted by atomic mass is 10.1. The van der Waals surface area contributed by atoms with Crippen molar-refractivity contribution in [2.75, 3.05) is 11.9 Å². The molecule has 5 nitrogen and oxygen atoms in total. The highest BCUT2D eigenvalue weighted by Gasteiger charge is 2.07. The van der Waals surface area contributed by atoms with Crippen LogP contribution in [0.1, 0.15) is 25.5 Å². The first-order chi connectivity index (χ1) is 8.79. The van der Waals surface area contributed by atoms with Crippen LogP contribution in [0.15, 0.2) is 36.8 Å². The highest BCUT2D eigenvalue weighted by molar-refractivity contribution is 5.32. The fourth-order valence-corrected chi connectivity index (χ4v) is 1.57. The molecule has 0 radical (unpaired) electrons.